The van der Waals surface area contributed by atoms with Crippen molar-refractivity contribution in [1.29, 1.82) is 0 Å². The summed E-state index contributed by atoms with van der Waals surface area (Å²) in [6, 6.07) is 1.56. The van der Waals surface area contributed by atoms with Gasteiger partial charge in [0.25, 0.3) is 0 Å². The second-order valence-electron chi connectivity index (χ2n) is 4.15. The minimum Gasteiger partial charge on any atom is -0.298 e. The Morgan fingerprint density at radius 1 is 1.45 bits per heavy atom. The summed E-state index contributed by atoms with van der Waals surface area (Å²) in [5.41, 5.74) is 0. The van der Waals surface area contributed by atoms with Crippen molar-refractivity contribution in [3.8, 4) is 0 Å². The Labute approximate surface area is 70.8 Å². The Morgan fingerprint density at radius 2 is 2.09 bits per heavy atom. The Kier molecular flexibility index (Phi) is 2.94. The van der Waals surface area contributed by atoms with Crippen molar-refractivity contribution in [1.82, 2.24) is 4.90 Å². The van der Waals surface area contributed by atoms with Gasteiger partial charge >= 0.3 is 0 Å². The summed E-state index contributed by atoms with van der Waals surface area (Å²) in [5, 5.41) is 0. The molecule has 0 spiro atoms. The van der Waals surface area contributed by atoms with Crippen molar-refractivity contribution in [2.45, 2.75) is 52.6 Å². The first-order valence-corrected chi connectivity index (χ1v) is 4.90. The molecule has 1 heterocycles. The van der Waals surface area contributed by atoms with Gasteiger partial charge in [-0.1, -0.05) is 13.3 Å². The van der Waals surface area contributed by atoms with E-state index in [0.717, 1.165) is 18.0 Å². The fourth-order valence-electron chi connectivity index (χ4n) is 2.19. The highest BCUT2D eigenvalue weighted by Crippen LogP contribution is 2.26. The van der Waals surface area contributed by atoms with Crippen molar-refractivity contribution < 1.29 is 0 Å². The predicted molar refractivity (Wildman–Crippen MR) is 49.7 cm³/mol. The molecule has 2 atom stereocenters. The smallest absolute Gasteiger partial charge is 0.00728 e. The molecule has 0 aromatic carbocycles. The fraction of sp³-hybridized carbons (Fsp3) is 1.00. The molecule has 1 saturated heterocycles. The van der Waals surface area contributed by atoms with E-state index >= 15 is 0 Å². The van der Waals surface area contributed by atoms with Gasteiger partial charge in [0, 0.05) is 18.6 Å². The van der Waals surface area contributed by atoms with E-state index in [2.05, 4.69) is 32.6 Å². The summed E-state index contributed by atoms with van der Waals surface area (Å²) in [6.45, 7) is 10.6. The van der Waals surface area contributed by atoms with Crippen molar-refractivity contribution in [2.75, 3.05) is 6.54 Å². The zero-order valence-electron chi connectivity index (χ0n) is 8.30. The molecule has 0 aliphatic carbocycles. The Balaban J connectivity index is 2.45. The van der Waals surface area contributed by atoms with Gasteiger partial charge in [-0.05, 0) is 33.1 Å². The fourth-order valence-corrected chi connectivity index (χ4v) is 2.19. The van der Waals surface area contributed by atoms with Gasteiger partial charge in [-0.15, -0.1) is 0 Å². The van der Waals surface area contributed by atoms with Crippen LogP contribution in [0.3, 0.4) is 0 Å². The van der Waals surface area contributed by atoms with Crippen molar-refractivity contribution in [3.05, 3.63) is 0 Å². The van der Waals surface area contributed by atoms with E-state index in [4.69, 9.17) is 0 Å². The highest BCUT2D eigenvalue weighted by molar-refractivity contribution is 4.83. The maximum absolute atomic E-state index is 2.62. The van der Waals surface area contributed by atoms with Crippen molar-refractivity contribution in [2.24, 2.45) is 5.92 Å². The first kappa shape index (κ1) is 9.05. The van der Waals surface area contributed by atoms with Crippen LogP contribution in [-0.2, 0) is 0 Å². The number of hydrogen-bond acceptors (Lipinski definition) is 1. The number of rotatable bonds is 2. The van der Waals surface area contributed by atoms with Gasteiger partial charge in [-0.2, -0.15) is 0 Å². The minimum absolute atomic E-state index is 0.738. The van der Waals surface area contributed by atoms with Crippen LogP contribution in [0.2, 0.25) is 0 Å². The quantitative estimate of drug-likeness (QED) is 0.592. The summed E-state index contributed by atoms with van der Waals surface area (Å²) in [5.74, 6) is 0.965. The third kappa shape index (κ3) is 1.96. The molecule has 1 aliphatic rings. The maximum Gasteiger partial charge on any atom is 0.00728 e. The SMILES string of the molecule is CCC1CC(C)N(C(C)C)C1. The van der Waals surface area contributed by atoms with Crippen LogP contribution >= 0.6 is 0 Å². The summed E-state index contributed by atoms with van der Waals surface area (Å²) in [4.78, 5) is 2.62. The average Bonchev–Trinajstić information content (AvgIpc) is 2.30. The minimum atomic E-state index is 0.738. The molecule has 1 rings (SSSR count). The molecule has 11 heavy (non-hydrogen) atoms. The van der Waals surface area contributed by atoms with Crippen molar-refractivity contribution in [3.63, 3.8) is 0 Å². The van der Waals surface area contributed by atoms with Crippen LogP contribution in [0.15, 0.2) is 0 Å². The van der Waals surface area contributed by atoms with Gasteiger partial charge in [0.15, 0.2) is 0 Å². The van der Waals surface area contributed by atoms with Gasteiger partial charge in [-0.25, -0.2) is 0 Å². The van der Waals surface area contributed by atoms with E-state index in [1.54, 1.807) is 0 Å². The first-order chi connectivity index (χ1) is 5.15. The van der Waals surface area contributed by atoms with E-state index in [1.807, 2.05) is 0 Å². The molecule has 0 N–H and O–H groups in total. The molecule has 1 aliphatic heterocycles. The van der Waals surface area contributed by atoms with Gasteiger partial charge in [0.05, 0.1) is 0 Å². The molecule has 0 saturated carbocycles. The van der Waals surface area contributed by atoms with E-state index in [9.17, 15) is 0 Å². The van der Waals surface area contributed by atoms with Gasteiger partial charge in [-0.3, -0.25) is 4.90 Å². The molecule has 0 bridgehead atoms. The average molecular weight is 155 g/mol. The van der Waals surface area contributed by atoms with Gasteiger partial charge < -0.3 is 0 Å². The lowest BCUT2D eigenvalue weighted by Crippen LogP contribution is -2.33. The Bertz CT molecular complexity index is 120. The third-order valence-corrected chi connectivity index (χ3v) is 2.95. The van der Waals surface area contributed by atoms with Gasteiger partial charge in [0.2, 0.25) is 0 Å². The summed E-state index contributed by atoms with van der Waals surface area (Å²) < 4.78 is 0. The van der Waals surface area contributed by atoms with Crippen LogP contribution in [-0.4, -0.2) is 23.5 Å². The highest BCUT2D eigenvalue weighted by atomic mass is 15.2. The molecular formula is C10H21N. The lowest BCUT2D eigenvalue weighted by Gasteiger charge is -2.25. The molecule has 0 aromatic heterocycles. The third-order valence-electron chi connectivity index (χ3n) is 2.95. The zero-order valence-corrected chi connectivity index (χ0v) is 8.30. The normalized spacial score (nSPS) is 33.5. The van der Waals surface area contributed by atoms with E-state index < -0.39 is 0 Å². The molecule has 2 unspecified atom stereocenters. The van der Waals surface area contributed by atoms with Crippen LogP contribution in [0, 0.1) is 5.92 Å². The molecule has 1 nitrogen and oxygen atoms in total. The zero-order chi connectivity index (χ0) is 8.43. The summed E-state index contributed by atoms with van der Waals surface area (Å²) in [6.07, 6.45) is 2.77. The van der Waals surface area contributed by atoms with Crippen LogP contribution in [0.25, 0.3) is 0 Å². The summed E-state index contributed by atoms with van der Waals surface area (Å²) in [7, 11) is 0. The van der Waals surface area contributed by atoms with Crippen LogP contribution < -0.4 is 0 Å². The first-order valence-electron chi connectivity index (χ1n) is 4.90. The second-order valence-corrected chi connectivity index (χ2v) is 4.15. The van der Waals surface area contributed by atoms with Gasteiger partial charge in [0.1, 0.15) is 0 Å². The second kappa shape index (κ2) is 3.57. The molecule has 0 radical (unpaired) electrons. The van der Waals surface area contributed by atoms with Crippen LogP contribution in [0.5, 0.6) is 0 Å². The number of hydrogen-bond donors (Lipinski definition) is 0. The van der Waals surface area contributed by atoms with E-state index in [1.165, 1.54) is 19.4 Å². The number of likely N-dealkylation sites (tertiary alicyclic amines) is 1. The standard InChI is InChI=1S/C10H21N/c1-5-10-6-9(4)11(7-10)8(2)3/h8-10H,5-7H2,1-4H3. The van der Waals surface area contributed by atoms with Crippen molar-refractivity contribution >= 4 is 0 Å². The predicted octanol–water partition coefficient (Wildman–Crippen LogP) is 2.52. The topological polar surface area (TPSA) is 3.24 Å². The van der Waals surface area contributed by atoms with Crippen LogP contribution in [0.4, 0.5) is 0 Å². The highest BCUT2D eigenvalue weighted by Gasteiger charge is 2.28. The Hall–Kier alpha value is -0.0400. The summed E-state index contributed by atoms with van der Waals surface area (Å²) >= 11 is 0. The molecule has 0 amide bonds. The largest absolute Gasteiger partial charge is 0.298 e. The molecule has 66 valence electrons. The molecule has 1 fully saturated rings. The lowest BCUT2D eigenvalue weighted by molar-refractivity contribution is 0.211. The van der Waals surface area contributed by atoms with E-state index in [0.29, 0.717) is 0 Å². The van der Waals surface area contributed by atoms with E-state index in [-0.39, 0.29) is 0 Å². The lowest BCUT2D eigenvalue weighted by atomic mass is 10.0. The Morgan fingerprint density at radius 3 is 2.36 bits per heavy atom. The van der Waals surface area contributed by atoms with Crippen LogP contribution in [0.1, 0.15) is 40.5 Å². The monoisotopic (exact) mass is 155 g/mol. The molecule has 1 heteroatoms. The molecular weight excluding hydrogens is 134 g/mol. The molecule has 0 aromatic rings. The number of nitrogens with zero attached hydrogens (tertiary/aromatic N) is 1. The maximum atomic E-state index is 2.62.